The van der Waals surface area contributed by atoms with Crippen LogP contribution in [-0.4, -0.2) is 82.5 Å². The summed E-state index contributed by atoms with van der Waals surface area (Å²) in [5.74, 6) is 1.21. The average molecular weight is 530 g/mol. The smallest absolute Gasteiger partial charge is 0.289 e. The van der Waals surface area contributed by atoms with Gasteiger partial charge in [-0.1, -0.05) is 12.1 Å². The molecule has 4 aromatic rings. The van der Waals surface area contributed by atoms with Gasteiger partial charge >= 0.3 is 0 Å². The van der Waals surface area contributed by atoms with E-state index in [-0.39, 0.29) is 23.3 Å². The average Bonchev–Trinajstić information content (AvgIpc) is 3.42. The number of nitrogens with two attached hydrogens (primary N) is 2. The molecule has 39 heavy (non-hydrogen) atoms. The summed E-state index contributed by atoms with van der Waals surface area (Å²) >= 11 is 0. The summed E-state index contributed by atoms with van der Waals surface area (Å²) in [6.45, 7) is 3.80. The second-order valence-corrected chi connectivity index (χ2v) is 9.33. The fourth-order valence-corrected chi connectivity index (χ4v) is 4.69. The zero-order valence-electron chi connectivity index (χ0n) is 21.0. The highest BCUT2D eigenvalue weighted by Gasteiger charge is 2.28. The fourth-order valence-electron chi connectivity index (χ4n) is 4.69. The van der Waals surface area contributed by atoms with Crippen molar-refractivity contribution < 1.29 is 18.7 Å². The molecule has 1 unspecified atom stereocenters. The van der Waals surface area contributed by atoms with E-state index in [1.165, 1.54) is 0 Å². The molecule has 2 aliphatic heterocycles. The molecular formula is C26H27N9O4. The number of furan rings is 1. The van der Waals surface area contributed by atoms with Crippen LogP contribution in [0, 0.1) is 0 Å². The first-order chi connectivity index (χ1) is 19.0. The normalized spacial score (nSPS) is 17.9. The largest absolute Gasteiger partial charge is 0.450 e. The number of aromatic nitrogens is 4. The first kappa shape index (κ1) is 24.7. The van der Waals surface area contributed by atoms with E-state index in [4.69, 9.17) is 30.6 Å². The van der Waals surface area contributed by atoms with Crippen LogP contribution in [0.1, 0.15) is 32.8 Å². The molecule has 0 saturated carbocycles. The minimum Gasteiger partial charge on any atom is -0.450 e. The number of hydrogen-bond donors (Lipinski definition) is 3. The third-order valence-electron chi connectivity index (χ3n) is 6.77. The van der Waals surface area contributed by atoms with Crippen molar-refractivity contribution in [1.29, 1.82) is 0 Å². The summed E-state index contributed by atoms with van der Waals surface area (Å²) in [6.07, 6.45) is 1.33. The van der Waals surface area contributed by atoms with Crippen molar-refractivity contribution in [2.75, 3.05) is 56.5 Å². The van der Waals surface area contributed by atoms with E-state index in [9.17, 15) is 9.59 Å². The van der Waals surface area contributed by atoms with E-state index in [0.29, 0.717) is 79.3 Å². The molecule has 0 radical (unpaired) electrons. The van der Waals surface area contributed by atoms with Gasteiger partial charge in [-0.05, 0) is 24.3 Å². The summed E-state index contributed by atoms with van der Waals surface area (Å²) in [7, 11) is 0. The number of carbonyl (C=O) groups excluding carboxylic acids is 2. The number of fused-ring (bicyclic) bond motifs is 1. The van der Waals surface area contributed by atoms with Gasteiger partial charge in [-0.3, -0.25) is 9.59 Å². The van der Waals surface area contributed by atoms with Gasteiger partial charge in [-0.25, -0.2) is 9.97 Å². The minimum absolute atomic E-state index is 0.162. The van der Waals surface area contributed by atoms with E-state index in [1.54, 1.807) is 41.4 Å². The number of rotatable bonds is 5. The van der Waals surface area contributed by atoms with Gasteiger partial charge in [0.25, 0.3) is 11.8 Å². The zero-order valence-corrected chi connectivity index (χ0v) is 21.0. The van der Waals surface area contributed by atoms with Crippen LogP contribution in [0.4, 0.5) is 11.8 Å². The first-order valence-electron chi connectivity index (χ1n) is 12.6. The number of nitrogen functional groups attached to an aromatic ring is 1. The molecule has 2 fully saturated rings. The van der Waals surface area contributed by atoms with Gasteiger partial charge in [0.1, 0.15) is 17.5 Å². The Morgan fingerprint density at radius 3 is 2.62 bits per heavy atom. The lowest BCUT2D eigenvalue weighted by molar-refractivity contribution is 0.0221. The Labute approximate surface area is 223 Å². The van der Waals surface area contributed by atoms with Gasteiger partial charge in [-0.15, -0.1) is 0 Å². The molecule has 2 amide bonds. The Hall–Kier alpha value is -4.62. The number of anilines is 2. The quantitative estimate of drug-likeness (QED) is 0.336. The van der Waals surface area contributed by atoms with Crippen molar-refractivity contribution in [3.63, 3.8) is 0 Å². The maximum Gasteiger partial charge on any atom is 0.289 e. The Kier molecular flexibility index (Phi) is 6.50. The number of piperazine rings is 1. The molecule has 13 heteroatoms. The number of nitrogens with one attached hydrogen (secondary N) is 1. The number of primary amides is 1. The van der Waals surface area contributed by atoms with Crippen LogP contribution in [-0.2, 0) is 4.74 Å². The van der Waals surface area contributed by atoms with Crippen molar-refractivity contribution >= 4 is 34.5 Å². The van der Waals surface area contributed by atoms with E-state index in [0.717, 1.165) is 6.54 Å². The van der Waals surface area contributed by atoms with Crippen LogP contribution in [0.15, 0.2) is 47.0 Å². The van der Waals surface area contributed by atoms with Crippen molar-refractivity contribution in [3.05, 3.63) is 59.7 Å². The summed E-state index contributed by atoms with van der Waals surface area (Å²) in [4.78, 5) is 47.0. The van der Waals surface area contributed by atoms with Crippen LogP contribution in [0.5, 0.6) is 0 Å². The third kappa shape index (κ3) is 4.96. The van der Waals surface area contributed by atoms with Crippen molar-refractivity contribution in [2.24, 2.45) is 5.73 Å². The number of benzene rings is 1. The number of carbonyl (C=O) groups is 2. The fraction of sp³-hybridized carbons (Fsp3) is 0.308. The van der Waals surface area contributed by atoms with Crippen molar-refractivity contribution in [2.45, 2.75) is 6.10 Å². The number of amides is 2. The summed E-state index contributed by atoms with van der Waals surface area (Å²) in [5, 5.41) is 3.95. The first-order valence-corrected chi connectivity index (χ1v) is 12.6. The lowest BCUT2D eigenvalue weighted by Gasteiger charge is -2.34. The predicted molar refractivity (Wildman–Crippen MR) is 142 cm³/mol. The second kappa shape index (κ2) is 10.3. The number of pyridine rings is 1. The Morgan fingerprint density at radius 1 is 1.05 bits per heavy atom. The molecule has 2 saturated heterocycles. The number of ether oxygens (including phenoxy) is 1. The minimum atomic E-state index is -0.609. The van der Waals surface area contributed by atoms with Crippen LogP contribution < -0.4 is 21.7 Å². The highest BCUT2D eigenvalue weighted by atomic mass is 16.5. The van der Waals surface area contributed by atoms with Crippen LogP contribution in [0.25, 0.3) is 22.4 Å². The standard InChI is InChI=1S/C26H27N9O4/c27-20-5-4-16(13-30-20)23-31-24(19-14-29-6-11-38-19)33-26(32-23)35-9-7-34(8-10-35)25(37)18-12-15-2-1-3-17(22(28)36)21(15)39-18/h1-5,12-13,19,29H,6-11,14H2,(H2,27,30)(H2,28,36). The zero-order chi connectivity index (χ0) is 26.9. The van der Waals surface area contributed by atoms with E-state index >= 15 is 0 Å². The second-order valence-electron chi connectivity index (χ2n) is 9.33. The summed E-state index contributed by atoms with van der Waals surface area (Å²) in [6, 6.07) is 10.2. The van der Waals surface area contributed by atoms with Gasteiger partial charge in [0.15, 0.2) is 17.4 Å². The molecule has 6 rings (SSSR count). The van der Waals surface area contributed by atoms with Gasteiger partial charge in [-0.2, -0.15) is 9.97 Å². The Morgan fingerprint density at radius 2 is 1.90 bits per heavy atom. The molecule has 3 aromatic heterocycles. The number of para-hydroxylation sites is 1. The molecular weight excluding hydrogens is 502 g/mol. The van der Waals surface area contributed by atoms with E-state index < -0.39 is 5.91 Å². The van der Waals surface area contributed by atoms with Crippen LogP contribution in [0.2, 0.25) is 0 Å². The maximum atomic E-state index is 13.2. The summed E-state index contributed by atoms with van der Waals surface area (Å²) in [5.41, 5.74) is 12.5. The third-order valence-corrected chi connectivity index (χ3v) is 6.77. The number of hydrogen-bond acceptors (Lipinski definition) is 11. The lowest BCUT2D eigenvalue weighted by Crippen LogP contribution is -2.49. The Balaban J connectivity index is 1.22. The SMILES string of the molecule is NC(=O)c1cccc2cc(C(=O)N3CCN(c4nc(-c5ccc(N)nc5)nc(C5CNCCO5)n4)CC3)oc12. The molecule has 5 N–H and O–H groups in total. The van der Waals surface area contributed by atoms with Crippen molar-refractivity contribution in [1.82, 2.24) is 30.2 Å². The molecule has 0 spiro atoms. The van der Waals surface area contributed by atoms with Crippen molar-refractivity contribution in [3.8, 4) is 11.4 Å². The Bertz CT molecular complexity index is 1520. The molecule has 0 aliphatic carbocycles. The molecule has 1 atom stereocenters. The molecule has 5 heterocycles. The maximum absolute atomic E-state index is 13.2. The highest BCUT2D eigenvalue weighted by Crippen LogP contribution is 2.26. The lowest BCUT2D eigenvalue weighted by atomic mass is 10.1. The molecule has 2 aliphatic rings. The molecule has 1 aromatic carbocycles. The number of morpholine rings is 1. The summed E-state index contributed by atoms with van der Waals surface area (Å²) < 4.78 is 11.7. The predicted octanol–water partition coefficient (Wildman–Crippen LogP) is 0.984. The molecule has 0 bridgehead atoms. The van der Waals surface area contributed by atoms with E-state index in [2.05, 4.69) is 15.3 Å². The molecule has 13 nitrogen and oxygen atoms in total. The van der Waals surface area contributed by atoms with E-state index in [1.807, 2.05) is 11.0 Å². The van der Waals surface area contributed by atoms with Gasteiger partial charge < -0.3 is 35.7 Å². The van der Waals surface area contributed by atoms with Crippen LogP contribution >= 0.6 is 0 Å². The van der Waals surface area contributed by atoms with Gasteiger partial charge in [0, 0.05) is 56.4 Å². The highest BCUT2D eigenvalue weighted by molar-refractivity contribution is 6.06. The van der Waals surface area contributed by atoms with Gasteiger partial charge in [0.05, 0.1) is 12.2 Å². The topological polar surface area (TPSA) is 179 Å². The number of nitrogens with zero attached hydrogens (tertiary/aromatic N) is 6. The van der Waals surface area contributed by atoms with Gasteiger partial charge in [0.2, 0.25) is 5.95 Å². The monoisotopic (exact) mass is 529 g/mol. The van der Waals surface area contributed by atoms with Crippen LogP contribution in [0.3, 0.4) is 0 Å². The molecule has 200 valence electrons.